The minimum atomic E-state index is -4.26. The summed E-state index contributed by atoms with van der Waals surface area (Å²) in [6.07, 6.45) is 0.240. The first kappa shape index (κ1) is 36.0. The number of nitrogens with one attached hydrogen (secondary N) is 1. The van der Waals surface area contributed by atoms with Crippen LogP contribution >= 0.6 is 0 Å². The molecule has 4 rings (SSSR count). The molecule has 2 amide bonds. The van der Waals surface area contributed by atoms with Gasteiger partial charge in [-0.05, 0) is 60.7 Å². The van der Waals surface area contributed by atoms with Gasteiger partial charge in [0.15, 0.2) is 11.5 Å². The third-order valence-electron chi connectivity index (χ3n) is 8.10. The zero-order chi connectivity index (χ0) is 34.8. The van der Waals surface area contributed by atoms with Crippen molar-refractivity contribution < 1.29 is 27.5 Å². The van der Waals surface area contributed by atoms with Gasteiger partial charge in [0.25, 0.3) is 10.0 Å². The standard InChI is InChI=1S/C38H45N3O6S/c1-27(2)24-39-38(43)34(22-30-13-8-7-9-14-30)40(25-31-15-11-10-12-29(31)4)37(42)26-41(32-18-21-35(46-5)36(23-32)47-6)48(44,45)33-19-16-28(3)17-20-33/h7-21,23,27,34H,22,24-26H2,1-6H3,(H,39,43). The smallest absolute Gasteiger partial charge is 0.264 e. The van der Waals surface area contributed by atoms with Gasteiger partial charge in [0, 0.05) is 25.6 Å². The number of anilines is 1. The maximum Gasteiger partial charge on any atom is 0.264 e. The highest BCUT2D eigenvalue weighted by atomic mass is 32.2. The second-order valence-electron chi connectivity index (χ2n) is 12.2. The topological polar surface area (TPSA) is 105 Å². The number of carbonyl (C=O) groups excluding carboxylic acids is 2. The molecule has 0 aliphatic rings. The number of hydrogen-bond acceptors (Lipinski definition) is 6. The number of carbonyl (C=O) groups is 2. The van der Waals surface area contributed by atoms with Crippen LogP contribution in [0.1, 0.15) is 36.1 Å². The first-order chi connectivity index (χ1) is 22.9. The second kappa shape index (κ2) is 16.3. The Morgan fingerprint density at radius 3 is 2.08 bits per heavy atom. The van der Waals surface area contributed by atoms with Crippen LogP contribution in [0.2, 0.25) is 0 Å². The molecular weight excluding hydrogens is 627 g/mol. The highest BCUT2D eigenvalue weighted by Crippen LogP contribution is 2.34. The van der Waals surface area contributed by atoms with Crippen LogP contribution in [0.4, 0.5) is 5.69 Å². The van der Waals surface area contributed by atoms with Crippen molar-refractivity contribution in [2.45, 2.75) is 51.6 Å². The second-order valence-corrected chi connectivity index (χ2v) is 14.0. The molecule has 4 aromatic carbocycles. The fraction of sp³-hybridized carbons (Fsp3) is 0.316. The zero-order valence-electron chi connectivity index (χ0n) is 28.5. The van der Waals surface area contributed by atoms with E-state index in [1.165, 1.54) is 37.3 Å². The lowest BCUT2D eigenvalue weighted by Gasteiger charge is -2.34. The first-order valence-electron chi connectivity index (χ1n) is 15.9. The molecule has 48 heavy (non-hydrogen) atoms. The molecule has 0 bridgehead atoms. The largest absolute Gasteiger partial charge is 0.493 e. The van der Waals surface area contributed by atoms with E-state index in [0.29, 0.717) is 18.0 Å². The predicted molar refractivity (Wildman–Crippen MR) is 189 cm³/mol. The van der Waals surface area contributed by atoms with Gasteiger partial charge >= 0.3 is 0 Å². The summed E-state index contributed by atoms with van der Waals surface area (Å²) < 4.78 is 40.6. The summed E-state index contributed by atoms with van der Waals surface area (Å²) in [4.78, 5) is 30.2. The van der Waals surface area contributed by atoms with Crippen molar-refractivity contribution in [2.75, 3.05) is 31.6 Å². The van der Waals surface area contributed by atoms with E-state index in [1.54, 1.807) is 24.3 Å². The van der Waals surface area contributed by atoms with Gasteiger partial charge < -0.3 is 19.7 Å². The van der Waals surface area contributed by atoms with Crippen LogP contribution < -0.4 is 19.1 Å². The monoisotopic (exact) mass is 671 g/mol. The summed E-state index contributed by atoms with van der Waals surface area (Å²) in [6, 6.07) is 27.4. The van der Waals surface area contributed by atoms with E-state index < -0.39 is 28.5 Å². The van der Waals surface area contributed by atoms with Crippen LogP contribution in [0.3, 0.4) is 0 Å². The zero-order valence-corrected chi connectivity index (χ0v) is 29.3. The summed E-state index contributed by atoms with van der Waals surface area (Å²) in [5.74, 6) is 0.0504. The highest BCUT2D eigenvalue weighted by Gasteiger charge is 2.35. The Kier molecular flexibility index (Phi) is 12.2. The number of hydrogen-bond donors (Lipinski definition) is 1. The lowest BCUT2D eigenvalue weighted by atomic mass is 10.0. The average molecular weight is 672 g/mol. The van der Waals surface area contributed by atoms with Gasteiger partial charge in [-0.1, -0.05) is 86.1 Å². The van der Waals surface area contributed by atoms with Crippen LogP contribution in [0.25, 0.3) is 0 Å². The minimum absolute atomic E-state index is 0.0247. The number of nitrogens with zero attached hydrogens (tertiary/aromatic N) is 2. The molecule has 0 spiro atoms. The molecule has 1 N–H and O–H groups in total. The van der Waals surface area contributed by atoms with Gasteiger partial charge in [0.1, 0.15) is 12.6 Å². The Morgan fingerprint density at radius 1 is 0.812 bits per heavy atom. The van der Waals surface area contributed by atoms with Crippen molar-refractivity contribution in [3.05, 3.63) is 119 Å². The van der Waals surface area contributed by atoms with Crippen LogP contribution in [-0.4, -0.2) is 58.5 Å². The van der Waals surface area contributed by atoms with Gasteiger partial charge in [-0.3, -0.25) is 13.9 Å². The number of rotatable bonds is 15. The van der Waals surface area contributed by atoms with Crippen molar-refractivity contribution in [1.82, 2.24) is 10.2 Å². The van der Waals surface area contributed by atoms with Gasteiger partial charge in [0.2, 0.25) is 11.8 Å². The molecule has 0 heterocycles. The van der Waals surface area contributed by atoms with Crippen LogP contribution in [0, 0.1) is 19.8 Å². The molecule has 4 aromatic rings. The lowest BCUT2D eigenvalue weighted by Crippen LogP contribution is -2.53. The Bertz CT molecular complexity index is 1790. The molecule has 0 saturated heterocycles. The molecule has 9 nitrogen and oxygen atoms in total. The van der Waals surface area contributed by atoms with E-state index in [4.69, 9.17) is 9.47 Å². The van der Waals surface area contributed by atoms with Crippen molar-refractivity contribution in [3.63, 3.8) is 0 Å². The number of ether oxygens (including phenoxy) is 2. The number of benzene rings is 4. The van der Waals surface area contributed by atoms with Crippen molar-refractivity contribution in [1.29, 1.82) is 0 Å². The quantitative estimate of drug-likeness (QED) is 0.168. The highest BCUT2D eigenvalue weighted by molar-refractivity contribution is 7.92. The summed E-state index contributed by atoms with van der Waals surface area (Å²) in [6.45, 7) is 7.77. The molecule has 0 aromatic heterocycles. The summed E-state index contributed by atoms with van der Waals surface area (Å²) in [5.41, 5.74) is 3.76. The lowest BCUT2D eigenvalue weighted by molar-refractivity contribution is -0.140. The van der Waals surface area contributed by atoms with E-state index in [1.807, 2.05) is 82.3 Å². The van der Waals surface area contributed by atoms with E-state index in [9.17, 15) is 18.0 Å². The van der Waals surface area contributed by atoms with Gasteiger partial charge in [-0.25, -0.2) is 8.42 Å². The van der Waals surface area contributed by atoms with Crippen molar-refractivity contribution >= 4 is 27.5 Å². The summed E-state index contributed by atoms with van der Waals surface area (Å²) in [5, 5.41) is 3.02. The maximum atomic E-state index is 14.7. The van der Waals surface area contributed by atoms with Gasteiger partial charge in [0.05, 0.1) is 24.8 Å². The molecule has 1 atom stereocenters. The number of methoxy groups -OCH3 is 2. The van der Waals surface area contributed by atoms with Crippen molar-refractivity contribution in [2.24, 2.45) is 5.92 Å². The molecule has 1 unspecified atom stereocenters. The van der Waals surface area contributed by atoms with Crippen molar-refractivity contribution in [3.8, 4) is 11.5 Å². The SMILES string of the molecule is COc1ccc(N(CC(=O)N(Cc2ccccc2C)C(Cc2ccccc2)C(=O)NCC(C)C)S(=O)(=O)c2ccc(C)cc2)cc1OC. The molecular formula is C38H45N3O6S. The summed E-state index contributed by atoms with van der Waals surface area (Å²) >= 11 is 0. The molecule has 0 fully saturated rings. The normalized spacial score (nSPS) is 11.9. The summed E-state index contributed by atoms with van der Waals surface area (Å²) in [7, 11) is -1.32. The third kappa shape index (κ3) is 8.95. The van der Waals surface area contributed by atoms with E-state index >= 15 is 0 Å². The molecule has 0 radical (unpaired) electrons. The Morgan fingerprint density at radius 2 is 1.46 bits per heavy atom. The molecule has 254 valence electrons. The van der Waals surface area contributed by atoms with Crippen LogP contribution in [0.15, 0.2) is 102 Å². The van der Waals surface area contributed by atoms with E-state index in [2.05, 4.69) is 5.32 Å². The predicted octanol–water partition coefficient (Wildman–Crippen LogP) is 5.93. The number of amides is 2. The fourth-order valence-electron chi connectivity index (χ4n) is 5.29. The first-order valence-corrected chi connectivity index (χ1v) is 17.4. The van der Waals surface area contributed by atoms with E-state index in [0.717, 1.165) is 26.6 Å². The maximum absolute atomic E-state index is 14.7. The number of aryl methyl sites for hydroxylation is 2. The molecule has 0 aliphatic carbocycles. The molecule has 0 aliphatic heterocycles. The Labute approximate surface area is 284 Å². The number of sulfonamides is 1. The molecule has 0 saturated carbocycles. The minimum Gasteiger partial charge on any atom is -0.493 e. The average Bonchev–Trinajstić information content (AvgIpc) is 3.08. The van der Waals surface area contributed by atoms with Gasteiger partial charge in [-0.2, -0.15) is 0 Å². The Balaban J connectivity index is 1.85. The van der Waals surface area contributed by atoms with Crippen LogP contribution in [0.5, 0.6) is 11.5 Å². The third-order valence-corrected chi connectivity index (χ3v) is 9.89. The van der Waals surface area contributed by atoms with Gasteiger partial charge in [-0.15, -0.1) is 0 Å². The van der Waals surface area contributed by atoms with Crippen LogP contribution in [-0.2, 0) is 32.6 Å². The molecule has 10 heteroatoms. The Hall–Kier alpha value is -4.83. The fourth-order valence-corrected chi connectivity index (χ4v) is 6.70. The van der Waals surface area contributed by atoms with E-state index in [-0.39, 0.29) is 35.4 Å².